The number of carboxylic acid groups (broad SMARTS) is 1. The van der Waals surface area contributed by atoms with E-state index in [1.807, 2.05) is 0 Å². The van der Waals surface area contributed by atoms with Crippen LogP contribution in [0.5, 0.6) is 0 Å². The van der Waals surface area contributed by atoms with Crippen molar-refractivity contribution < 1.29 is 29.6 Å². The fraction of sp³-hybridized carbons (Fsp3) is 0.211. The number of aromatic nitrogens is 4. The average molecular weight is 457 g/mol. The van der Waals surface area contributed by atoms with Crippen molar-refractivity contribution in [1.29, 1.82) is 0 Å². The summed E-state index contributed by atoms with van der Waals surface area (Å²) in [5, 5.41) is 22.8. The first-order valence-electron chi connectivity index (χ1n) is 9.50. The second-order valence-corrected chi connectivity index (χ2v) is 6.78. The Morgan fingerprint density at radius 2 is 1.91 bits per heavy atom. The molecule has 172 valence electrons. The van der Waals surface area contributed by atoms with Crippen molar-refractivity contribution in [2.45, 2.75) is 25.4 Å². The van der Waals surface area contributed by atoms with Crippen LogP contribution in [0.25, 0.3) is 11.2 Å². The number of anilines is 2. The first kappa shape index (κ1) is 23.1. The molecular formula is C19H19N7O7. The van der Waals surface area contributed by atoms with Crippen molar-refractivity contribution in [2.75, 3.05) is 11.1 Å². The van der Waals surface area contributed by atoms with E-state index in [0.717, 1.165) is 0 Å². The summed E-state index contributed by atoms with van der Waals surface area (Å²) in [7, 11) is 0. The second-order valence-electron chi connectivity index (χ2n) is 6.78. The van der Waals surface area contributed by atoms with Gasteiger partial charge < -0.3 is 26.4 Å². The van der Waals surface area contributed by atoms with E-state index in [2.05, 4.69) is 35.5 Å². The Balaban J connectivity index is 1.61. The largest absolute Gasteiger partial charge is 0.480 e. The van der Waals surface area contributed by atoms with Crippen LogP contribution >= 0.6 is 0 Å². The number of aromatic amines is 1. The molecule has 14 nitrogen and oxygen atoms in total. The molecule has 0 aliphatic rings. The highest BCUT2D eigenvalue weighted by atomic mass is 17.1. The molecule has 0 aliphatic heterocycles. The molecule has 1 aromatic carbocycles. The third kappa shape index (κ3) is 5.98. The van der Waals surface area contributed by atoms with Gasteiger partial charge in [0.25, 0.3) is 11.5 Å². The monoisotopic (exact) mass is 457 g/mol. The number of nitrogens with one attached hydrogen (secondary N) is 3. The summed E-state index contributed by atoms with van der Waals surface area (Å²) < 4.78 is 0. The van der Waals surface area contributed by atoms with Crippen LogP contribution in [0, 0.1) is 0 Å². The quantitative estimate of drug-likeness (QED) is 0.183. The van der Waals surface area contributed by atoms with Crippen molar-refractivity contribution in [3.05, 3.63) is 52.1 Å². The van der Waals surface area contributed by atoms with Crippen LogP contribution in [0.4, 0.5) is 11.6 Å². The van der Waals surface area contributed by atoms with Gasteiger partial charge in [0, 0.05) is 11.3 Å². The van der Waals surface area contributed by atoms with Gasteiger partial charge in [0.05, 0.1) is 24.9 Å². The zero-order valence-corrected chi connectivity index (χ0v) is 16.9. The first-order valence-corrected chi connectivity index (χ1v) is 9.50. The molecule has 0 fully saturated rings. The van der Waals surface area contributed by atoms with Crippen LogP contribution in [0.1, 0.15) is 28.9 Å². The Kier molecular flexibility index (Phi) is 7.10. The molecule has 2 heterocycles. The number of nitrogens with zero attached hydrogens (tertiary/aromatic N) is 3. The van der Waals surface area contributed by atoms with Crippen molar-refractivity contribution in [3.8, 4) is 0 Å². The predicted octanol–water partition coefficient (Wildman–Crippen LogP) is -0.113. The number of carboxylic acids is 1. The van der Waals surface area contributed by atoms with E-state index in [4.69, 9.17) is 11.0 Å². The number of amides is 1. The molecule has 1 atom stereocenters. The number of nitrogens with two attached hydrogens (primary N) is 1. The Morgan fingerprint density at radius 1 is 1.18 bits per heavy atom. The highest BCUT2D eigenvalue weighted by Crippen LogP contribution is 2.12. The molecule has 0 unspecified atom stereocenters. The lowest BCUT2D eigenvalue weighted by molar-refractivity contribution is -0.234. The summed E-state index contributed by atoms with van der Waals surface area (Å²) in [6.45, 7) is 0.223. The van der Waals surface area contributed by atoms with E-state index < -0.39 is 29.4 Å². The molecule has 7 N–H and O–H groups in total. The maximum Gasteiger partial charge on any atom is 0.342 e. The van der Waals surface area contributed by atoms with Crippen LogP contribution in [-0.4, -0.2) is 54.2 Å². The first-order chi connectivity index (χ1) is 15.8. The number of carbonyl (C=O) groups is 3. The molecule has 33 heavy (non-hydrogen) atoms. The highest BCUT2D eigenvalue weighted by molar-refractivity contribution is 5.96. The molecular weight excluding hydrogens is 438 g/mol. The van der Waals surface area contributed by atoms with E-state index in [0.29, 0.717) is 11.4 Å². The standard InChI is InChI=1S/C19H19N7O7/c20-19-25-15-14(17(29)26-19)23-11(8-22-15)7-21-10-3-1-9(2-4-10)16(28)24-12(18(30)31)5-6-13(27)33-32/h1-4,8,12,21,32H,5-7H2,(H,24,28)(H,30,31)(H3,20,22,25,26,29)/t12-/m0/s1. The third-order valence-corrected chi connectivity index (χ3v) is 4.45. The SMILES string of the molecule is Nc1nc2ncc(CNc3ccc(C(=O)N[C@@H](CCC(=O)OO)C(=O)O)cc3)nc2c(=O)[nH]1. The number of benzene rings is 1. The third-order valence-electron chi connectivity index (χ3n) is 4.45. The van der Waals surface area contributed by atoms with Crippen molar-refractivity contribution >= 4 is 40.6 Å². The van der Waals surface area contributed by atoms with E-state index >= 15 is 0 Å². The van der Waals surface area contributed by atoms with Gasteiger partial charge in [-0.2, -0.15) is 10.2 Å². The summed E-state index contributed by atoms with van der Waals surface area (Å²) in [6, 6.07) is 4.80. The van der Waals surface area contributed by atoms with Crippen molar-refractivity contribution in [1.82, 2.24) is 25.3 Å². The number of aliphatic carboxylic acids is 1. The minimum atomic E-state index is -1.34. The summed E-state index contributed by atoms with van der Waals surface area (Å²) >= 11 is 0. The van der Waals surface area contributed by atoms with Gasteiger partial charge in [0.2, 0.25) is 5.95 Å². The number of hydrogen-bond donors (Lipinski definition) is 6. The number of H-pyrrole nitrogens is 1. The number of nitrogen functional groups attached to an aromatic ring is 1. The van der Waals surface area contributed by atoms with Gasteiger partial charge in [0.1, 0.15) is 6.04 Å². The molecule has 0 spiro atoms. The molecule has 0 saturated carbocycles. The fourth-order valence-corrected chi connectivity index (χ4v) is 2.80. The summed E-state index contributed by atoms with van der Waals surface area (Å²) in [5.41, 5.74) is 6.43. The van der Waals surface area contributed by atoms with Gasteiger partial charge in [-0.1, -0.05) is 0 Å². The maximum atomic E-state index is 12.3. The van der Waals surface area contributed by atoms with Gasteiger partial charge in [-0.3, -0.25) is 14.6 Å². The lowest BCUT2D eigenvalue weighted by Crippen LogP contribution is -2.41. The highest BCUT2D eigenvalue weighted by Gasteiger charge is 2.22. The summed E-state index contributed by atoms with van der Waals surface area (Å²) in [6.07, 6.45) is 0.809. The zero-order valence-electron chi connectivity index (χ0n) is 16.9. The van der Waals surface area contributed by atoms with Crippen LogP contribution < -0.4 is 21.9 Å². The molecule has 14 heteroatoms. The van der Waals surface area contributed by atoms with E-state index in [-0.39, 0.29) is 42.1 Å². The van der Waals surface area contributed by atoms with Crippen LogP contribution in [0.2, 0.25) is 0 Å². The molecule has 2 aromatic heterocycles. The Hall–Kier alpha value is -4.59. The number of rotatable bonds is 9. The topological polar surface area (TPSA) is 223 Å². The number of fused-ring (bicyclic) bond motifs is 1. The lowest BCUT2D eigenvalue weighted by Gasteiger charge is -2.14. The zero-order chi connectivity index (χ0) is 24.0. The van der Waals surface area contributed by atoms with E-state index in [1.165, 1.54) is 18.3 Å². The van der Waals surface area contributed by atoms with E-state index in [9.17, 15) is 24.3 Å². The summed E-state index contributed by atoms with van der Waals surface area (Å²) in [5.74, 6) is -3.05. The normalized spacial score (nSPS) is 11.5. The molecule has 3 rings (SSSR count). The minimum absolute atomic E-state index is 0.0516. The van der Waals surface area contributed by atoms with Crippen LogP contribution in [-0.2, 0) is 21.0 Å². The Morgan fingerprint density at radius 3 is 2.58 bits per heavy atom. The van der Waals surface area contributed by atoms with Gasteiger partial charge in [0.15, 0.2) is 11.2 Å². The molecule has 0 bridgehead atoms. The lowest BCUT2D eigenvalue weighted by atomic mass is 10.1. The molecule has 0 saturated heterocycles. The van der Waals surface area contributed by atoms with Gasteiger partial charge >= 0.3 is 11.9 Å². The van der Waals surface area contributed by atoms with Crippen LogP contribution in [0.3, 0.4) is 0 Å². The van der Waals surface area contributed by atoms with Crippen molar-refractivity contribution in [2.24, 2.45) is 0 Å². The Labute approximate surface area is 184 Å². The van der Waals surface area contributed by atoms with Crippen molar-refractivity contribution in [3.63, 3.8) is 0 Å². The van der Waals surface area contributed by atoms with Gasteiger partial charge in [-0.25, -0.2) is 19.6 Å². The number of carbonyl (C=O) groups excluding carboxylic acids is 2. The van der Waals surface area contributed by atoms with Gasteiger partial charge in [-0.05, 0) is 30.7 Å². The minimum Gasteiger partial charge on any atom is -0.480 e. The maximum absolute atomic E-state index is 12.3. The average Bonchev–Trinajstić information content (AvgIpc) is 2.80. The Bertz CT molecular complexity index is 1240. The van der Waals surface area contributed by atoms with Gasteiger partial charge in [-0.15, -0.1) is 0 Å². The predicted molar refractivity (Wildman–Crippen MR) is 113 cm³/mol. The molecule has 1 amide bonds. The number of hydrogen-bond acceptors (Lipinski definition) is 11. The fourth-order valence-electron chi connectivity index (χ4n) is 2.80. The molecule has 0 radical (unpaired) electrons. The smallest absolute Gasteiger partial charge is 0.342 e. The molecule has 0 aliphatic carbocycles. The van der Waals surface area contributed by atoms with E-state index in [1.54, 1.807) is 12.1 Å². The summed E-state index contributed by atoms with van der Waals surface area (Å²) in [4.78, 5) is 64.5. The van der Waals surface area contributed by atoms with Crippen LogP contribution in [0.15, 0.2) is 35.3 Å². The molecule has 3 aromatic rings. The second kappa shape index (κ2) is 10.1.